The lowest BCUT2D eigenvalue weighted by Gasteiger charge is -2.22. The van der Waals surface area contributed by atoms with E-state index < -0.39 is 0 Å². The summed E-state index contributed by atoms with van der Waals surface area (Å²) in [5.74, 6) is -0.0644. The molecule has 0 saturated heterocycles. The molecule has 0 aliphatic heterocycles. The van der Waals surface area contributed by atoms with Gasteiger partial charge >= 0.3 is 0 Å². The van der Waals surface area contributed by atoms with E-state index in [-0.39, 0.29) is 36.0 Å². The van der Waals surface area contributed by atoms with E-state index in [0.29, 0.717) is 23.7 Å². The number of hydrogen-bond donors (Lipinski definition) is 1. The minimum Gasteiger partial charge on any atom is -0.333 e. The average molecular weight is 497 g/mol. The van der Waals surface area contributed by atoms with Crippen molar-refractivity contribution in [3.8, 4) is 16.9 Å². The van der Waals surface area contributed by atoms with E-state index in [0.717, 1.165) is 18.4 Å². The Hall–Kier alpha value is -4.26. The van der Waals surface area contributed by atoms with Gasteiger partial charge in [0, 0.05) is 24.1 Å². The van der Waals surface area contributed by atoms with Gasteiger partial charge in [-0.15, -0.1) is 0 Å². The second kappa shape index (κ2) is 10.8. The van der Waals surface area contributed by atoms with Crippen LogP contribution >= 0.6 is 0 Å². The summed E-state index contributed by atoms with van der Waals surface area (Å²) in [6.45, 7) is 2.46. The summed E-state index contributed by atoms with van der Waals surface area (Å²) in [7, 11) is 0. The van der Waals surface area contributed by atoms with Gasteiger partial charge in [-0.3, -0.25) is 9.59 Å². The van der Waals surface area contributed by atoms with Crippen LogP contribution in [-0.2, 0) is 9.59 Å². The van der Waals surface area contributed by atoms with Crippen molar-refractivity contribution in [1.82, 2.24) is 14.7 Å². The maximum atomic E-state index is 13.5. The Morgan fingerprint density at radius 3 is 2.35 bits per heavy atom. The van der Waals surface area contributed by atoms with Gasteiger partial charge in [-0.25, -0.2) is 9.07 Å². The number of benzene rings is 3. The molecule has 1 heterocycles. The highest BCUT2D eigenvalue weighted by Gasteiger charge is 2.45. The van der Waals surface area contributed by atoms with Crippen LogP contribution in [0.25, 0.3) is 16.9 Å². The molecular formula is C30H29FN4O2. The normalized spacial score (nSPS) is 16.3. The number of rotatable bonds is 9. The van der Waals surface area contributed by atoms with Crippen LogP contribution in [0.5, 0.6) is 0 Å². The Balaban J connectivity index is 1.34. The van der Waals surface area contributed by atoms with Gasteiger partial charge in [-0.05, 0) is 48.6 Å². The molecule has 3 aromatic carbocycles. The van der Waals surface area contributed by atoms with Crippen molar-refractivity contribution in [2.45, 2.75) is 25.7 Å². The van der Waals surface area contributed by atoms with Crippen LogP contribution in [-0.4, -0.2) is 39.6 Å². The summed E-state index contributed by atoms with van der Waals surface area (Å²) >= 11 is 0. The highest BCUT2D eigenvalue weighted by Crippen LogP contribution is 2.48. The summed E-state index contributed by atoms with van der Waals surface area (Å²) in [5.41, 5.74) is 3.34. The first kappa shape index (κ1) is 24.4. The zero-order chi connectivity index (χ0) is 25.8. The van der Waals surface area contributed by atoms with E-state index in [9.17, 15) is 14.0 Å². The van der Waals surface area contributed by atoms with Crippen molar-refractivity contribution in [1.29, 1.82) is 0 Å². The van der Waals surface area contributed by atoms with E-state index in [4.69, 9.17) is 0 Å². The summed E-state index contributed by atoms with van der Waals surface area (Å²) < 4.78 is 15.1. The summed E-state index contributed by atoms with van der Waals surface area (Å²) in [6.07, 6.45) is 1.57. The second-order valence-corrected chi connectivity index (χ2v) is 9.34. The first-order valence-corrected chi connectivity index (χ1v) is 12.6. The molecule has 1 fully saturated rings. The highest BCUT2D eigenvalue weighted by molar-refractivity contribution is 5.95. The van der Waals surface area contributed by atoms with Gasteiger partial charge in [0.15, 0.2) is 0 Å². The van der Waals surface area contributed by atoms with Gasteiger partial charge in [0.05, 0.1) is 17.9 Å². The number of nitrogens with zero attached hydrogens (tertiary/aromatic N) is 3. The van der Waals surface area contributed by atoms with E-state index in [1.165, 1.54) is 17.7 Å². The lowest BCUT2D eigenvalue weighted by molar-refractivity contribution is -0.136. The summed E-state index contributed by atoms with van der Waals surface area (Å²) in [5, 5.41) is 7.60. The van der Waals surface area contributed by atoms with E-state index in [1.807, 2.05) is 55.5 Å². The molecule has 1 N–H and O–H groups in total. The Bertz CT molecular complexity index is 1370. The van der Waals surface area contributed by atoms with E-state index >= 15 is 0 Å². The average Bonchev–Trinajstić information content (AvgIpc) is 3.62. The van der Waals surface area contributed by atoms with Crippen LogP contribution in [0.15, 0.2) is 91.0 Å². The molecule has 0 spiro atoms. The van der Waals surface area contributed by atoms with Crippen molar-refractivity contribution < 1.29 is 14.0 Å². The predicted octanol–water partition coefficient (Wildman–Crippen LogP) is 5.66. The molecule has 37 heavy (non-hydrogen) atoms. The van der Waals surface area contributed by atoms with Crippen molar-refractivity contribution in [2.75, 3.05) is 18.4 Å². The molecule has 2 atom stereocenters. The van der Waals surface area contributed by atoms with Crippen molar-refractivity contribution >= 4 is 17.6 Å². The highest BCUT2D eigenvalue weighted by atomic mass is 19.1. The lowest BCUT2D eigenvalue weighted by atomic mass is 10.1. The number of hydrogen-bond acceptors (Lipinski definition) is 3. The Labute approximate surface area is 215 Å². The van der Waals surface area contributed by atoms with Crippen LogP contribution in [0, 0.1) is 11.7 Å². The first-order chi connectivity index (χ1) is 18.0. The van der Waals surface area contributed by atoms with Gasteiger partial charge in [-0.2, -0.15) is 5.10 Å². The topological polar surface area (TPSA) is 67.2 Å². The van der Waals surface area contributed by atoms with E-state index in [1.54, 1.807) is 27.8 Å². The SMILES string of the molecule is CCCN(CC(=O)Nc1cc(-c2ccccc2)nn1-c1ccc(F)cc1)C(=O)[C@H]1C[C@H]1c1ccccc1. The largest absolute Gasteiger partial charge is 0.333 e. The molecule has 0 unspecified atom stereocenters. The van der Waals surface area contributed by atoms with Crippen LogP contribution in [0.2, 0.25) is 0 Å². The van der Waals surface area contributed by atoms with Crippen LogP contribution in [0.4, 0.5) is 10.2 Å². The maximum absolute atomic E-state index is 13.5. The Morgan fingerprint density at radius 1 is 1.00 bits per heavy atom. The number of aromatic nitrogens is 2. The molecular weight excluding hydrogens is 467 g/mol. The quantitative estimate of drug-likeness (QED) is 0.325. The lowest BCUT2D eigenvalue weighted by Crippen LogP contribution is -2.39. The molecule has 1 aliphatic carbocycles. The number of amides is 2. The zero-order valence-electron chi connectivity index (χ0n) is 20.7. The first-order valence-electron chi connectivity index (χ1n) is 12.6. The zero-order valence-corrected chi connectivity index (χ0v) is 20.7. The van der Waals surface area contributed by atoms with Gasteiger partial charge in [-0.1, -0.05) is 67.6 Å². The number of anilines is 1. The molecule has 7 heteroatoms. The Kier molecular flexibility index (Phi) is 7.12. The molecule has 6 nitrogen and oxygen atoms in total. The molecule has 1 saturated carbocycles. The standard InChI is InChI=1S/C30H29FN4O2/c1-2-17-34(30(37)26-18-25(26)21-9-5-3-6-10-21)20-29(36)32-28-19-27(22-11-7-4-8-12-22)33-35(28)24-15-13-23(31)14-16-24/h3-16,19,25-26H,2,17-18,20H2,1H3,(H,32,36)/t25-,26-/m0/s1. The van der Waals surface area contributed by atoms with Crippen LogP contribution < -0.4 is 5.32 Å². The fourth-order valence-corrected chi connectivity index (χ4v) is 4.66. The van der Waals surface area contributed by atoms with Gasteiger partial charge < -0.3 is 10.2 Å². The van der Waals surface area contributed by atoms with Crippen molar-refractivity contribution in [3.63, 3.8) is 0 Å². The minimum absolute atomic E-state index is 0.0165. The molecule has 0 bridgehead atoms. The van der Waals surface area contributed by atoms with E-state index in [2.05, 4.69) is 22.5 Å². The third kappa shape index (κ3) is 5.61. The molecule has 4 aromatic rings. The van der Waals surface area contributed by atoms with Crippen LogP contribution in [0.1, 0.15) is 31.2 Å². The molecule has 1 aromatic heterocycles. The third-order valence-corrected chi connectivity index (χ3v) is 6.59. The maximum Gasteiger partial charge on any atom is 0.245 e. The van der Waals surface area contributed by atoms with Crippen molar-refractivity contribution in [2.24, 2.45) is 5.92 Å². The molecule has 0 radical (unpaired) electrons. The Morgan fingerprint density at radius 2 is 1.68 bits per heavy atom. The summed E-state index contributed by atoms with van der Waals surface area (Å²) in [4.78, 5) is 28.1. The second-order valence-electron chi connectivity index (χ2n) is 9.34. The number of carbonyl (C=O) groups excluding carboxylic acids is 2. The van der Waals surface area contributed by atoms with Crippen molar-refractivity contribution in [3.05, 3.63) is 102 Å². The fourth-order valence-electron chi connectivity index (χ4n) is 4.66. The fraction of sp³-hybridized carbons (Fsp3) is 0.233. The molecule has 5 rings (SSSR count). The van der Waals surface area contributed by atoms with Gasteiger partial charge in [0.2, 0.25) is 11.8 Å². The summed E-state index contributed by atoms with van der Waals surface area (Å²) in [6, 6.07) is 27.4. The minimum atomic E-state index is -0.354. The third-order valence-electron chi connectivity index (χ3n) is 6.59. The number of carbonyl (C=O) groups is 2. The smallest absolute Gasteiger partial charge is 0.245 e. The number of halogens is 1. The number of nitrogens with one attached hydrogen (secondary N) is 1. The molecule has 1 aliphatic rings. The monoisotopic (exact) mass is 496 g/mol. The van der Waals surface area contributed by atoms with Gasteiger partial charge in [0.25, 0.3) is 0 Å². The molecule has 188 valence electrons. The van der Waals surface area contributed by atoms with Crippen LogP contribution in [0.3, 0.4) is 0 Å². The molecule has 2 amide bonds. The predicted molar refractivity (Wildman–Crippen MR) is 142 cm³/mol. The van der Waals surface area contributed by atoms with Gasteiger partial charge in [0.1, 0.15) is 11.6 Å².